The normalized spacial score (nSPS) is 12.6. The number of nitrogens with zero attached hydrogens (tertiary/aromatic N) is 3. The number of alkyl halides is 1. The highest BCUT2D eigenvalue weighted by Gasteiger charge is 2.08. The van der Waals surface area contributed by atoms with Gasteiger partial charge in [0.2, 0.25) is 5.91 Å². The smallest absolute Gasteiger partial charge is 0.233 e. The van der Waals surface area contributed by atoms with Gasteiger partial charge in [-0.2, -0.15) is 0 Å². The van der Waals surface area contributed by atoms with E-state index < -0.39 is 0 Å². The second-order valence-electron chi connectivity index (χ2n) is 3.70. The highest BCUT2D eigenvalue weighted by Crippen LogP contribution is 2.03. The van der Waals surface area contributed by atoms with Gasteiger partial charge in [0.15, 0.2) is 5.65 Å². The molecule has 0 saturated carbocycles. The number of pyridine rings is 1. The second kappa shape index (κ2) is 5.27. The van der Waals surface area contributed by atoms with E-state index >= 15 is 0 Å². The molecular formula is C11H13BrN4O. The molecule has 2 rings (SSSR count). The number of carbonyl (C=O) groups excluding carboxylic acids is 1. The van der Waals surface area contributed by atoms with Gasteiger partial charge in [-0.25, -0.2) is 0 Å². The lowest BCUT2D eigenvalue weighted by Gasteiger charge is -2.05. The molecule has 1 amide bonds. The van der Waals surface area contributed by atoms with Crippen molar-refractivity contribution in [3.8, 4) is 0 Å². The van der Waals surface area contributed by atoms with Gasteiger partial charge in [-0.1, -0.05) is 22.0 Å². The molecule has 6 heteroatoms. The number of carbonyl (C=O) groups is 1. The van der Waals surface area contributed by atoms with Crippen molar-refractivity contribution in [2.24, 2.45) is 0 Å². The van der Waals surface area contributed by atoms with Crippen LogP contribution in [-0.4, -0.2) is 31.9 Å². The molecular weight excluding hydrogens is 284 g/mol. The number of fused-ring (bicyclic) bond motifs is 1. The van der Waals surface area contributed by atoms with Crippen LogP contribution in [0.5, 0.6) is 0 Å². The molecule has 0 fully saturated rings. The third kappa shape index (κ3) is 2.82. The fraction of sp³-hybridized carbons (Fsp3) is 0.364. The molecule has 1 unspecified atom stereocenters. The van der Waals surface area contributed by atoms with Crippen LogP contribution < -0.4 is 5.32 Å². The summed E-state index contributed by atoms with van der Waals surface area (Å²) in [4.78, 5) is 11.2. The third-order valence-corrected chi connectivity index (χ3v) is 2.81. The minimum absolute atomic E-state index is 0.0150. The van der Waals surface area contributed by atoms with Gasteiger partial charge < -0.3 is 5.32 Å². The lowest BCUT2D eigenvalue weighted by atomic mass is 10.3. The Kier molecular flexibility index (Phi) is 3.73. The maximum absolute atomic E-state index is 11.3. The summed E-state index contributed by atoms with van der Waals surface area (Å²) in [6.45, 7) is 2.35. The Balaban J connectivity index is 1.98. The third-order valence-electron chi connectivity index (χ3n) is 2.39. The molecule has 0 aliphatic heterocycles. The Hall–Kier alpha value is -1.43. The number of aromatic nitrogens is 3. The number of halogens is 1. The highest BCUT2D eigenvalue weighted by molar-refractivity contribution is 9.10. The summed E-state index contributed by atoms with van der Waals surface area (Å²) < 4.78 is 1.92. The Bertz CT molecular complexity index is 523. The fourth-order valence-corrected chi connectivity index (χ4v) is 1.66. The predicted molar refractivity (Wildman–Crippen MR) is 68.1 cm³/mol. The minimum atomic E-state index is -0.169. The van der Waals surface area contributed by atoms with Crippen molar-refractivity contribution in [1.82, 2.24) is 19.9 Å². The Morgan fingerprint density at radius 1 is 1.53 bits per heavy atom. The topological polar surface area (TPSA) is 59.3 Å². The number of hydrogen-bond donors (Lipinski definition) is 1. The van der Waals surface area contributed by atoms with Gasteiger partial charge in [-0.05, 0) is 19.1 Å². The average Bonchev–Trinajstić information content (AvgIpc) is 2.72. The largest absolute Gasteiger partial charge is 0.355 e. The SMILES string of the molecule is CC(Br)C(=O)NCCc1nnc2ccccn12. The van der Waals surface area contributed by atoms with E-state index in [1.165, 1.54) is 0 Å². The van der Waals surface area contributed by atoms with E-state index in [-0.39, 0.29) is 10.7 Å². The molecule has 0 radical (unpaired) electrons. The summed E-state index contributed by atoms with van der Waals surface area (Å²) in [6.07, 6.45) is 2.58. The van der Waals surface area contributed by atoms with Crippen LogP contribution in [0, 0.1) is 0 Å². The maximum Gasteiger partial charge on any atom is 0.233 e. The zero-order chi connectivity index (χ0) is 12.3. The molecule has 1 atom stereocenters. The zero-order valence-corrected chi connectivity index (χ0v) is 11.0. The first-order chi connectivity index (χ1) is 8.18. The Morgan fingerprint density at radius 3 is 3.12 bits per heavy atom. The first-order valence-corrected chi connectivity index (χ1v) is 6.30. The summed E-state index contributed by atoms with van der Waals surface area (Å²) in [5, 5.41) is 10.9. The summed E-state index contributed by atoms with van der Waals surface area (Å²) >= 11 is 3.21. The van der Waals surface area contributed by atoms with E-state index in [9.17, 15) is 4.79 Å². The molecule has 17 heavy (non-hydrogen) atoms. The number of nitrogens with one attached hydrogen (secondary N) is 1. The van der Waals surface area contributed by atoms with E-state index in [4.69, 9.17) is 0 Å². The van der Waals surface area contributed by atoms with Crippen molar-refractivity contribution in [2.75, 3.05) is 6.54 Å². The van der Waals surface area contributed by atoms with Crippen molar-refractivity contribution in [1.29, 1.82) is 0 Å². The Morgan fingerprint density at radius 2 is 2.35 bits per heavy atom. The molecule has 2 heterocycles. The summed E-state index contributed by atoms with van der Waals surface area (Å²) in [6, 6.07) is 5.75. The monoisotopic (exact) mass is 296 g/mol. The minimum Gasteiger partial charge on any atom is -0.355 e. The van der Waals surface area contributed by atoms with Crippen LogP contribution in [0.15, 0.2) is 24.4 Å². The number of hydrogen-bond acceptors (Lipinski definition) is 3. The number of rotatable bonds is 4. The quantitative estimate of drug-likeness (QED) is 0.862. The van der Waals surface area contributed by atoms with Gasteiger partial charge in [0.25, 0.3) is 0 Å². The second-order valence-corrected chi connectivity index (χ2v) is 5.08. The van der Waals surface area contributed by atoms with Crippen LogP contribution in [0.4, 0.5) is 0 Å². The predicted octanol–water partition coefficient (Wildman–Crippen LogP) is 1.17. The van der Waals surface area contributed by atoms with Crippen molar-refractivity contribution in [3.05, 3.63) is 30.2 Å². The van der Waals surface area contributed by atoms with Gasteiger partial charge in [0.05, 0.1) is 4.83 Å². The van der Waals surface area contributed by atoms with Crippen molar-refractivity contribution >= 4 is 27.5 Å². The van der Waals surface area contributed by atoms with Crippen molar-refractivity contribution in [3.63, 3.8) is 0 Å². The van der Waals surface area contributed by atoms with Crippen LogP contribution >= 0.6 is 15.9 Å². The summed E-state index contributed by atoms with van der Waals surface area (Å²) in [7, 11) is 0. The molecule has 0 aliphatic rings. The summed E-state index contributed by atoms with van der Waals surface area (Å²) in [5.41, 5.74) is 0.822. The van der Waals surface area contributed by atoms with Gasteiger partial charge in [-0.3, -0.25) is 9.20 Å². The van der Waals surface area contributed by atoms with Gasteiger partial charge in [-0.15, -0.1) is 10.2 Å². The average molecular weight is 297 g/mol. The van der Waals surface area contributed by atoms with E-state index in [2.05, 4.69) is 31.4 Å². The highest BCUT2D eigenvalue weighted by atomic mass is 79.9. The molecule has 0 aliphatic carbocycles. The first-order valence-electron chi connectivity index (χ1n) is 5.39. The standard InChI is InChI=1S/C11H13BrN4O/c1-8(12)11(17)13-6-5-10-15-14-9-4-2-3-7-16(9)10/h2-4,7-8H,5-6H2,1H3,(H,13,17). The maximum atomic E-state index is 11.3. The zero-order valence-electron chi connectivity index (χ0n) is 9.43. The molecule has 0 spiro atoms. The first kappa shape index (κ1) is 12.0. The van der Waals surface area contributed by atoms with E-state index in [0.717, 1.165) is 11.5 Å². The molecule has 0 aromatic carbocycles. The van der Waals surface area contributed by atoms with Gasteiger partial charge in [0.1, 0.15) is 5.82 Å². The van der Waals surface area contributed by atoms with E-state index in [1.54, 1.807) is 6.92 Å². The molecule has 5 nitrogen and oxygen atoms in total. The van der Waals surface area contributed by atoms with Gasteiger partial charge >= 0.3 is 0 Å². The lowest BCUT2D eigenvalue weighted by molar-refractivity contribution is -0.120. The van der Waals surface area contributed by atoms with Crippen LogP contribution in [0.3, 0.4) is 0 Å². The Labute approximate surface area is 107 Å². The fourth-order valence-electron chi connectivity index (χ4n) is 1.50. The molecule has 2 aromatic rings. The molecule has 1 N–H and O–H groups in total. The van der Waals surface area contributed by atoms with Crippen LogP contribution in [0.1, 0.15) is 12.7 Å². The van der Waals surface area contributed by atoms with Crippen LogP contribution in [-0.2, 0) is 11.2 Å². The molecule has 0 saturated heterocycles. The van der Waals surface area contributed by atoms with Gasteiger partial charge in [0, 0.05) is 19.2 Å². The summed E-state index contributed by atoms with van der Waals surface area (Å²) in [5.74, 6) is 0.835. The van der Waals surface area contributed by atoms with Crippen molar-refractivity contribution < 1.29 is 4.79 Å². The number of amides is 1. The molecule has 90 valence electrons. The van der Waals surface area contributed by atoms with E-state index in [1.807, 2.05) is 28.8 Å². The van der Waals surface area contributed by atoms with E-state index in [0.29, 0.717) is 13.0 Å². The molecule has 0 bridgehead atoms. The lowest BCUT2D eigenvalue weighted by Crippen LogP contribution is -2.31. The van der Waals surface area contributed by atoms with Crippen LogP contribution in [0.2, 0.25) is 0 Å². The van der Waals surface area contributed by atoms with Crippen molar-refractivity contribution in [2.45, 2.75) is 18.2 Å². The molecule has 2 aromatic heterocycles. The van der Waals surface area contributed by atoms with Crippen LogP contribution in [0.25, 0.3) is 5.65 Å².